The molecule has 0 aliphatic carbocycles. The molecular formula is C25H22ClN3O3. The number of aromatic nitrogens is 2. The first-order chi connectivity index (χ1) is 15.5. The predicted octanol–water partition coefficient (Wildman–Crippen LogP) is 5.95. The Morgan fingerprint density at radius 1 is 1.06 bits per heavy atom. The van der Waals surface area contributed by atoms with Crippen LogP contribution in [0.15, 0.2) is 79.1 Å². The maximum absolute atomic E-state index is 12.9. The first-order valence-corrected chi connectivity index (χ1v) is 10.4. The zero-order valence-electron chi connectivity index (χ0n) is 17.7. The van der Waals surface area contributed by atoms with E-state index < -0.39 is 0 Å². The van der Waals surface area contributed by atoms with Crippen molar-refractivity contribution in [2.45, 2.75) is 13.5 Å². The summed E-state index contributed by atoms with van der Waals surface area (Å²) in [6.07, 6.45) is 3.70. The zero-order valence-corrected chi connectivity index (χ0v) is 18.5. The fourth-order valence-corrected chi connectivity index (χ4v) is 3.38. The van der Waals surface area contributed by atoms with Gasteiger partial charge in [0, 0.05) is 35.6 Å². The summed E-state index contributed by atoms with van der Waals surface area (Å²) in [6, 6.07) is 19.8. The van der Waals surface area contributed by atoms with Crippen LogP contribution in [-0.4, -0.2) is 22.6 Å². The molecule has 0 spiro atoms. The van der Waals surface area contributed by atoms with Crippen molar-refractivity contribution in [3.05, 3.63) is 101 Å². The normalized spacial score (nSPS) is 10.6. The van der Waals surface area contributed by atoms with Crippen molar-refractivity contribution >= 4 is 23.2 Å². The summed E-state index contributed by atoms with van der Waals surface area (Å²) in [5.74, 6) is 2.42. The molecule has 7 heteroatoms. The summed E-state index contributed by atoms with van der Waals surface area (Å²) in [4.78, 5) is 17.1. The summed E-state index contributed by atoms with van der Waals surface area (Å²) in [7, 11) is 1.59. The van der Waals surface area contributed by atoms with Crippen molar-refractivity contribution in [1.29, 1.82) is 0 Å². The van der Waals surface area contributed by atoms with E-state index in [1.165, 1.54) is 0 Å². The minimum atomic E-state index is -0.256. The van der Waals surface area contributed by atoms with Gasteiger partial charge in [-0.2, -0.15) is 0 Å². The Kier molecular flexibility index (Phi) is 6.42. The molecule has 32 heavy (non-hydrogen) atoms. The van der Waals surface area contributed by atoms with Gasteiger partial charge >= 0.3 is 0 Å². The summed E-state index contributed by atoms with van der Waals surface area (Å²) in [6.45, 7) is 2.65. The number of aryl methyl sites for hydroxylation is 1. The van der Waals surface area contributed by atoms with E-state index in [1.54, 1.807) is 49.7 Å². The number of benzene rings is 3. The molecule has 1 N–H and O–H groups in total. The van der Waals surface area contributed by atoms with Gasteiger partial charge < -0.3 is 19.4 Å². The fraction of sp³-hybridized carbons (Fsp3) is 0.120. The molecule has 162 valence electrons. The molecule has 0 unspecified atom stereocenters. The number of amides is 1. The summed E-state index contributed by atoms with van der Waals surface area (Å²) < 4.78 is 13.3. The van der Waals surface area contributed by atoms with Gasteiger partial charge in [-0.15, -0.1) is 0 Å². The Bertz CT molecular complexity index is 1240. The molecule has 0 fully saturated rings. The van der Waals surface area contributed by atoms with Crippen LogP contribution in [0, 0.1) is 6.92 Å². The Hall–Kier alpha value is -3.77. The molecule has 4 rings (SSSR count). The van der Waals surface area contributed by atoms with Crippen LogP contribution in [-0.2, 0) is 6.54 Å². The molecule has 0 aliphatic heterocycles. The van der Waals surface area contributed by atoms with E-state index in [0.717, 1.165) is 11.4 Å². The number of carbonyl (C=O) groups is 1. The van der Waals surface area contributed by atoms with Gasteiger partial charge in [0.15, 0.2) is 5.75 Å². The molecule has 6 nitrogen and oxygen atoms in total. The SMILES string of the molecule is COc1cccc(Oc2ccc(Cl)cc2NC(=O)c2ccc(Cn3ccnc3C)cc2)c1. The van der Waals surface area contributed by atoms with E-state index in [2.05, 4.69) is 10.3 Å². The standard InChI is InChI=1S/C25H22ClN3O3/c1-17-27-12-13-29(17)16-18-6-8-19(9-7-18)25(30)28-23-14-20(26)10-11-24(23)32-22-5-3-4-21(15-22)31-2/h3-15H,16H2,1-2H3,(H,28,30). The quantitative estimate of drug-likeness (QED) is 0.380. The highest BCUT2D eigenvalue weighted by molar-refractivity contribution is 6.31. The van der Waals surface area contributed by atoms with Crippen molar-refractivity contribution in [3.8, 4) is 17.2 Å². The highest BCUT2D eigenvalue weighted by Gasteiger charge is 2.12. The zero-order chi connectivity index (χ0) is 22.5. The van der Waals surface area contributed by atoms with Gasteiger partial charge in [-0.3, -0.25) is 4.79 Å². The Morgan fingerprint density at radius 2 is 1.84 bits per heavy atom. The van der Waals surface area contributed by atoms with E-state index in [0.29, 0.717) is 40.1 Å². The van der Waals surface area contributed by atoms with Crippen molar-refractivity contribution in [3.63, 3.8) is 0 Å². The summed E-state index contributed by atoms with van der Waals surface area (Å²) in [5, 5.41) is 3.39. The topological polar surface area (TPSA) is 65.4 Å². The molecule has 0 aliphatic rings. The maximum atomic E-state index is 12.9. The monoisotopic (exact) mass is 447 g/mol. The van der Waals surface area contributed by atoms with Crippen molar-refractivity contribution < 1.29 is 14.3 Å². The van der Waals surface area contributed by atoms with E-state index in [4.69, 9.17) is 21.1 Å². The highest BCUT2D eigenvalue weighted by atomic mass is 35.5. The lowest BCUT2D eigenvalue weighted by Crippen LogP contribution is -2.13. The van der Waals surface area contributed by atoms with Crippen molar-refractivity contribution in [2.75, 3.05) is 12.4 Å². The number of hydrogen-bond donors (Lipinski definition) is 1. The Morgan fingerprint density at radius 3 is 2.56 bits per heavy atom. The minimum Gasteiger partial charge on any atom is -0.497 e. The van der Waals surface area contributed by atoms with E-state index >= 15 is 0 Å². The summed E-state index contributed by atoms with van der Waals surface area (Å²) >= 11 is 6.16. The molecule has 1 heterocycles. The first-order valence-electron chi connectivity index (χ1n) is 10.0. The number of hydrogen-bond acceptors (Lipinski definition) is 4. The number of nitrogens with one attached hydrogen (secondary N) is 1. The van der Waals surface area contributed by atoms with Crippen LogP contribution in [0.3, 0.4) is 0 Å². The predicted molar refractivity (Wildman–Crippen MR) is 125 cm³/mol. The lowest BCUT2D eigenvalue weighted by Gasteiger charge is -2.14. The number of anilines is 1. The Labute approximate surface area is 191 Å². The average Bonchev–Trinajstić information content (AvgIpc) is 3.20. The van der Waals surface area contributed by atoms with Crippen LogP contribution in [0.5, 0.6) is 17.2 Å². The van der Waals surface area contributed by atoms with Gasteiger partial charge in [-0.1, -0.05) is 29.8 Å². The molecule has 1 aromatic heterocycles. The van der Waals surface area contributed by atoms with E-state index in [9.17, 15) is 4.79 Å². The largest absolute Gasteiger partial charge is 0.497 e. The van der Waals surface area contributed by atoms with Crippen molar-refractivity contribution in [2.24, 2.45) is 0 Å². The minimum absolute atomic E-state index is 0.256. The number of ether oxygens (including phenoxy) is 2. The van der Waals surface area contributed by atoms with Crippen LogP contribution in [0.4, 0.5) is 5.69 Å². The van der Waals surface area contributed by atoms with Gasteiger partial charge in [0.1, 0.15) is 17.3 Å². The molecule has 0 saturated heterocycles. The fourth-order valence-electron chi connectivity index (χ4n) is 3.20. The molecular weight excluding hydrogens is 426 g/mol. The second kappa shape index (κ2) is 9.58. The molecule has 0 saturated carbocycles. The Balaban J connectivity index is 1.50. The first kappa shape index (κ1) is 21.5. The third-order valence-electron chi connectivity index (χ3n) is 4.95. The number of nitrogens with zero attached hydrogens (tertiary/aromatic N) is 2. The molecule has 1 amide bonds. The van der Waals surface area contributed by atoms with Crippen LogP contribution >= 0.6 is 11.6 Å². The van der Waals surface area contributed by atoms with E-state index in [1.807, 2.05) is 48.0 Å². The maximum Gasteiger partial charge on any atom is 0.255 e. The van der Waals surface area contributed by atoms with Crippen LogP contribution < -0.4 is 14.8 Å². The number of imidazole rings is 1. The van der Waals surface area contributed by atoms with Gasteiger partial charge in [-0.25, -0.2) is 4.98 Å². The number of methoxy groups -OCH3 is 1. The third kappa shape index (κ3) is 5.10. The van der Waals surface area contributed by atoms with Gasteiger partial charge in [0.25, 0.3) is 5.91 Å². The van der Waals surface area contributed by atoms with Gasteiger partial charge in [0.05, 0.1) is 12.8 Å². The smallest absolute Gasteiger partial charge is 0.255 e. The molecule has 0 bridgehead atoms. The number of rotatable bonds is 7. The third-order valence-corrected chi connectivity index (χ3v) is 5.19. The average molecular weight is 448 g/mol. The lowest BCUT2D eigenvalue weighted by molar-refractivity contribution is 0.102. The van der Waals surface area contributed by atoms with Crippen LogP contribution in [0.1, 0.15) is 21.7 Å². The highest BCUT2D eigenvalue weighted by Crippen LogP contribution is 2.33. The van der Waals surface area contributed by atoms with Crippen LogP contribution in [0.2, 0.25) is 5.02 Å². The molecule has 0 atom stereocenters. The number of carbonyl (C=O) groups excluding carboxylic acids is 1. The molecule has 3 aromatic carbocycles. The second-order valence-electron chi connectivity index (χ2n) is 7.17. The van der Waals surface area contributed by atoms with Gasteiger partial charge in [-0.05, 0) is 55.0 Å². The molecule has 0 radical (unpaired) electrons. The second-order valence-corrected chi connectivity index (χ2v) is 7.61. The van der Waals surface area contributed by atoms with E-state index in [-0.39, 0.29) is 5.91 Å². The van der Waals surface area contributed by atoms with Gasteiger partial charge in [0.2, 0.25) is 0 Å². The number of halogens is 1. The lowest BCUT2D eigenvalue weighted by atomic mass is 10.1. The summed E-state index contributed by atoms with van der Waals surface area (Å²) in [5.41, 5.74) is 2.08. The molecule has 4 aromatic rings. The van der Waals surface area contributed by atoms with Crippen LogP contribution in [0.25, 0.3) is 0 Å². The van der Waals surface area contributed by atoms with Crippen molar-refractivity contribution in [1.82, 2.24) is 9.55 Å².